The number of H-pyrrole nitrogens is 1. The number of aromatic nitrogens is 5. The number of aryl methyl sites for hydroxylation is 2. The van der Waals surface area contributed by atoms with Crippen molar-refractivity contribution >= 4 is 44.1 Å². The Morgan fingerprint density at radius 3 is 2.65 bits per heavy atom. The average Bonchev–Trinajstić information content (AvgIpc) is 3.14. The van der Waals surface area contributed by atoms with Gasteiger partial charge in [0.25, 0.3) is 0 Å². The molecule has 10 nitrogen and oxygen atoms in total. The van der Waals surface area contributed by atoms with Crippen LogP contribution in [0.3, 0.4) is 0 Å². The first-order chi connectivity index (χ1) is 16.1. The number of hydrogen-bond donors (Lipinski definition) is 3. The zero-order chi connectivity index (χ0) is 24.2. The molecule has 4 aromatic rings. The van der Waals surface area contributed by atoms with Gasteiger partial charge in [-0.2, -0.15) is 0 Å². The zero-order valence-corrected chi connectivity index (χ0v) is 19.4. The molecule has 3 aromatic heterocycles. The number of anilines is 3. The van der Waals surface area contributed by atoms with Gasteiger partial charge in [-0.1, -0.05) is 6.07 Å². The molecule has 1 amide bonds. The van der Waals surface area contributed by atoms with E-state index in [0.717, 1.165) is 11.9 Å². The number of nitrogens with one attached hydrogen (secondary N) is 3. The lowest BCUT2D eigenvalue weighted by atomic mass is 10.1. The highest BCUT2D eigenvalue weighted by Crippen LogP contribution is 2.36. The van der Waals surface area contributed by atoms with E-state index in [1.165, 1.54) is 0 Å². The van der Waals surface area contributed by atoms with Crippen LogP contribution in [0.1, 0.15) is 12.2 Å². The molecule has 1 fully saturated rings. The van der Waals surface area contributed by atoms with E-state index in [2.05, 4.69) is 30.6 Å². The minimum atomic E-state index is -3.61. The Morgan fingerprint density at radius 1 is 1.24 bits per heavy atom. The van der Waals surface area contributed by atoms with Crippen molar-refractivity contribution < 1.29 is 17.6 Å². The summed E-state index contributed by atoms with van der Waals surface area (Å²) < 4.78 is 40.4. The maximum Gasteiger partial charge on any atom is 0.231 e. The van der Waals surface area contributed by atoms with E-state index in [1.807, 2.05) is 7.05 Å². The smallest absolute Gasteiger partial charge is 0.231 e. The fourth-order valence-corrected chi connectivity index (χ4v) is 4.65. The van der Waals surface area contributed by atoms with Crippen LogP contribution in [0.25, 0.3) is 22.4 Å². The molecule has 3 heterocycles. The van der Waals surface area contributed by atoms with Crippen molar-refractivity contribution in [2.45, 2.75) is 24.4 Å². The van der Waals surface area contributed by atoms with Crippen molar-refractivity contribution in [3.8, 4) is 11.3 Å². The van der Waals surface area contributed by atoms with Crippen LogP contribution >= 0.6 is 0 Å². The molecule has 0 saturated heterocycles. The number of halogens is 1. The first-order valence-corrected chi connectivity index (χ1v) is 12.4. The first-order valence-electron chi connectivity index (χ1n) is 10.5. The van der Waals surface area contributed by atoms with Gasteiger partial charge in [0.05, 0.1) is 40.4 Å². The monoisotopic (exact) mass is 483 g/mol. The number of carbonyl (C=O) groups is 1. The Balaban J connectivity index is 1.57. The van der Waals surface area contributed by atoms with Crippen molar-refractivity contribution in [1.82, 2.24) is 24.5 Å². The number of pyridine rings is 1. The van der Waals surface area contributed by atoms with Gasteiger partial charge in [-0.05, 0) is 25.5 Å². The van der Waals surface area contributed by atoms with Gasteiger partial charge in [-0.25, -0.2) is 27.8 Å². The van der Waals surface area contributed by atoms with Crippen molar-refractivity contribution in [1.29, 1.82) is 0 Å². The first kappa shape index (κ1) is 22.0. The van der Waals surface area contributed by atoms with Crippen LogP contribution < -0.4 is 10.6 Å². The molecule has 0 spiro atoms. The molecular weight excluding hydrogens is 461 g/mol. The topological polar surface area (TPSA) is 135 Å². The molecule has 1 saturated carbocycles. The second-order valence-corrected chi connectivity index (χ2v) is 10.4. The van der Waals surface area contributed by atoms with E-state index in [1.54, 1.807) is 48.3 Å². The lowest BCUT2D eigenvalue weighted by Gasteiger charge is -2.14. The van der Waals surface area contributed by atoms with Crippen LogP contribution in [0.2, 0.25) is 0 Å². The highest BCUT2D eigenvalue weighted by atomic mass is 32.2. The lowest BCUT2D eigenvalue weighted by Crippen LogP contribution is -2.16. The summed E-state index contributed by atoms with van der Waals surface area (Å²) in [5.74, 6) is -0.322. The summed E-state index contributed by atoms with van der Waals surface area (Å²) in [6, 6.07) is 6.59. The number of alkyl halides is 1. The van der Waals surface area contributed by atoms with E-state index in [0.29, 0.717) is 33.9 Å². The number of sulfone groups is 1. The molecule has 12 heteroatoms. The van der Waals surface area contributed by atoms with Gasteiger partial charge >= 0.3 is 0 Å². The van der Waals surface area contributed by atoms with Crippen molar-refractivity contribution in [2.24, 2.45) is 13.0 Å². The largest absolute Gasteiger partial charge is 0.352 e. The second kappa shape index (κ2) is 7.90. The maximum atomic E-state index is 13.3. The van der Waals surface area contributed by atoms with Gasteiger partial charge in [-0.15, -0.1) is 0 Å². The van der Waals surface area contributed by atoms with E-state index < -0.39 is 27.8 Å². The van der Waals surface area contributed by atoms with Crippen molar-refractivity contribution in [3.05, 3.63) is 42.6 Å². The van der Waals surface area contributed by atoms with Gasteiger partial charge < -0.3 is 20.2 Å². The number of amides is 1. The summed E-state index contributed by atoms with van der Waals surface area (Å²) in [7, 11) is -1.79. The molecule has 0 bridgehead atoms. The molecule has 1 aliphatic rings. The molecule has 0 radical (unpaired) electrons. The standard InChI is InChI=1S/C22H22FN7O3S/c1-11-25-20-16(8-19(28-21(20)26-11)29-22(31)13-7-14(13)23)27-15-5-4-12(6-18(15)34(3,32)33)17-9-24-10-30(17)2/h4-6,8-10,13-14H,7H2,1-3H3,(H3,25,26,27,28,29,31)/t13-,14+/m0/s1. The normalized spacial score (nSPS) is 17.6. The van der Waals surface area contributed by atoms with E-state index in [4.69, 9.17) is 0 Å². The Labute approximate surface area is 194 Å². The maximum absolute atomic E-state index is 13.3. The molecule has 1 aliphatic carbocycles. The third-order valence-corrected chi connectivity index (χ3v) is 6.77. The fraction of sp³-hybridized carbons (Fsp3) is 0.273. The third-order valence-electron chi connectivity index (χ3n) is 5.64. The molecule has 1 aromatic carbocycles. The molecule has 0 unspecified atom stereocenters. The molecule has 0 aliphatic heterocycles. The zero-order valence-electron chi connectivity index (χ0n) is 18.6. The van der Waals surface area contributed by atoms with Gasteiger partial charge in [0.15, 0.2) is 15.5 Å². The number of benzene rings is 1. The van der Waals surface area contributed by atoms with Crippen LogP contribution in [0.5, 0.6) is 0 Å². The number of rotatable bonds is 6. The summed E-state index contributed by atoms with van der Waals surface area (Å²) in [5, 5.41) is 5.78. The molecule has 5 rings (SSSR count). The number of imidazole rings is 2. The summed E-state index contributed by atoms with van der Waals surface area (Å²) in [6.45, 7) is 1.76. The molecule has 3 N–H and O–H groups in total. The average molecular weight is 484 g/mol. The van der Waals surface area contributed by atoms with E-state index in [9.17, 15) is 17.6 Å². The Morgan fingerprint density at radius 2 is 2.00 bits per heavy atom. The number of fused-ring (bicyclic) bond motifs is 1. The van der Waals surface area contributed by atoms with Crippen LogP contribution in [0, 0.1) is 12.8 Å². The highest BCUT2D eigenvalue weighted by molar-refractivity contribution is 7.90. The third kappa shape index (κ3) is 4.12. The van der Waals surface area contributed by atoms with Crippen LogP contribution in [0.15, 0.2) is 41.7 Å². The predicted octanol–water partition coefficient (Wildman–Crippen LogP) is 3.11. The Kier molecular flexibility index (Phi) is 5.12. The molecule has 176 valence electrons. The minimum Gasteiger partial charge on any atom is -0.352 e. The van der Waals surface area contributed by atoms with Crippen molar-refractivity contribution in [3.63, 3.8) is 0 Å². The number of hydrogen-bond acceptors (Lipinski definition) is 7. The number of aromatic amines is 1. The van der Waals surface area contributed by atoms with Gasteiger partial charge in [0.1, 0.15) is 23.3 Å². The molecular formula is C22H22FN7O3S. The predicted molar refractivity (Wildman–Crippen MR) is 125 cm³/mol. The number of carbonyl (C=O) groups excluding carboxylic acids is 1. The summed E-state index contributed by atoms with van der Waals surface area (Å²) in [6.07, 6.45) is 3.49. The van der Waals surface area contributed by atoms with Crippen LogP contribution in [-0.2, 0) is 21.7 Å². The fourth-order valence-electron chi connectivity index (χ4n) is 3.79. The second-order valence-electron chi connectivity index (χ2n) is 8.42. The minimum absolute atomic E-state index is 0.0901. The van der Waals surface area contributed by atoms with E-state index in [-0.39, 0.29) is 17.1 Å². The molecule has 34 heavy (non-hydrogen) atoms. The quantitative estimate of drug-likeness (QED) is 0.383. The van der Waals surface area contributed by atoms with Gasteiger partial charge in [0.2, 0.25) is 5.91 Å². The van der Waals surface area contributed by atoms with Gasteiger partial charge in [0, 0.05) is 24.9 Å². The van der Waals surface area contributed by atoms with Crippen LogP contribution in [-0.4, -0.2) is 51.3 Å². The van der Waals surface area contributed by atoms with Crippen LogP contribution in [0.4, 0.5) is 21.6 Å². The summed E-state index contributed by atoms with van der Waals surface area (Å²) in [4.78, 5) is 28.2. The summed E-state index contributed by atoms with van der Waals surface area (Å²) in [5.41, 5.74) is 3.11. The number of nitrogens with zero attached hydrogens (tertiary/aromatic N) is 4. The Bertz CT molecular complexity index is 1540. The highest BCUT2D eigenvalue weighted by Gasteiger charge is 2.43. The van der Waals surface area contributed by atoms with Gasteiger partial charge in [-0.3, -0.25) is 4.79 Å². The lowest BCUT2D eigenvalue weighted by molar-refractivity contribution is -0.117. The van der Waals surface area contributed by atoms with E-state index >= 15 is 0 Å². The SMILES string of the molecule is Cc1nc2c(Nc3ccc(-c4cncn4C)cc3S(C)(=O)=O)cc(NC(=O)[C@H]3C[C@H]3F)nc2[nH]1. The Hall–Kier alpha value is -3.80. The van der Waals surface area contributed by atoms with Crippen molar-refractivity contribution in [2.75, 3.05) is 16.9 Å². The molecule has 2 atom stereocenters. The summed E-state index contributed by atoms with van der Waals surface area (Å²) >= 11 is 0.